The molecule has 1 aromatic carbocycles. The molecule has 17 heavy (non-hydrogen) atoms. The van der Waals surface area contributed by atoms with E-state index in [1.807, 2.05) is 0 Å². The van der Waals surface area contributed by atoms with Crippen LogP contribution in [-0.4, -0.2) is 7.11 Å². The third-order valence-corrected chi connectivity index (χ3v) is 3.21. The minimum atomic E-state index is -0.0160. The molecule has 0 saturated heterocycles. The van der Waals surface area contributed by atoms with Crippen molar-refractivity contribution in [2.75, 3.05) is 7.11 Å². The summed E-state index contributed by atoms with van der Waals surface area (Å²) in [4.78, 5) is 12.1. The highest BCUT2D eigenvalue weighted by atomic mass is 35.5. The third kappa shape index (κ3) is 1.80. The van der Waals surface area contributed by atoms with Gasteiger partial charge in [0, 0.05) is 5.56 Å². The van der Waals surface area contributed by atoms with Crippen molar-refractivity contribution in [2.45, 2.75) is 19.7 Å². The maximum Gasteiger partial charge on any atom is 0.195 e. The molecule has 0 spiro atoms. The standard InChI is InChI=1S/C13H13ClO3/c1-7-8(2)17-13-9(12(7)15)4-5-11(16-3)10(13)6-14/h4-5H,6H2,1-3H3. The fourth-order valence-electron chi connectivity index (χ4n) is 1.81. The number of fused-ring (bicyclic) bond motifs is 1. The lowest BCUT2D eigenvalue weighted by Crippen LogP contribution is -2.08. The molecule has 2 aromatic rings. The van der Waals surface area contributed by atoms with Crippen LogP contribution in [0.4, 0.5) is 0 Å². The fourth-order valence-corrected chi connectivity index (χ4v) is 2.07. The van der Waals surface area contributed by atoms with Gasteiger partial charge in [-0.3, -0.25) is 4.79 Å². The molecular weight excluding hydrogens is 240 g/mol. The Labute approximate surface area is 104 Å². The van der Waals surface area contributed by atoms with Crippen LogP contribution in [0, 0.1) is 13.8 Å². The van der Waals surface area contributed by atoms with E-state index < -0.39 is 0 Å². The Balaban J connectivity index is 2.96. The fraction of sp³-hybridized carbons (Fsp3) is 0.308. The zero-order chi connectivity index (χ0) is 12.6. The Morgan fingerprint density at radius 3 is 2.65 bits per heavy atom. The second-order valence-corrected chi connectivity index (χ2v) is 4.14. The number of hydrogen-bond acceptors (Lipinski definition) is 3. The van der Waals surface area contributed by atoms with Crippen molar-refractivity contribution in [1.29, 1.82) is 0 Å². The molecule has 0 N–H and O–H groups in total. The number of benzene rings is 1. The number of aryl methyl sites for hydroxylation is 1. The first-order valence-electron chi connectivity index (χ1n) is 5.26. The van der Waals surface area contributed by atoms with Gasteiger partial charge in [-0.05, 0) is 26.0 Å². The zero-order valence-corrected chi connectivity index (χ0v) is 10.7. The lowest BCUT2D eigenvalue weighted by molar-refractivity contribution is 0.410. The number of methoxy groups -OCH3 is 1. The number of ether oxygens (including phenoxy) is 1. The molecule has 0 atom stereocenters. The van der Waals surface area contributed by atoms with Crippen LogP contribution in [0.5, 0.6) is 5.75 Å². The molecule has 1 heterocycles. The molecular formula is C13H13ClO3. The highest BCUT2D eigenvalue weighted by Crippen LogP contribution is 2.29. The Morgan fingerprint density at radius 2 is 2.06 bits per heavy atom. The number of rotatable bonds is 2. The number of hydrogen-bond donors (Lipinski definition) is 0. The van der Waals surface area contributed by atoms with Gasteiger partial charge in [-0.15, -0.1) is 11.6 Å². The van der Waals surface area contributed by atoms with E-state index >= 15 is 0 Å². The van der Waals surface area contributed by atoms with Crippen LogP contribution in [0.15, 0.2) is 21.3 Å². The van der Waals surface area contributed by atoms with E-state index in [4.69, 9.17) is 20.8 Å². The van der Waals surface area contributed by atoms with Crippen LogP contribution < -0.4 is 10.2 Å². The topological polar surface area (TPSA) is 39.4 Å². The summed E-state index contributed by atoms with van der Waals surface area (Å²) in [5.74, 6) is 1.49. The third-order valence-electron chi connectivity index (χ3n) is 2.94. The van der Waals surface area contributed by atoms with Crippen LogP contribution in [-0.2, 0) is 5.88 Å². The molecule has 0 saturated carbocycles. The van der Waals surface area contributed by atoms with E-state index in [1.165, 1.54) is 0 Å². The molecule has 2 rings (SSSR count). The van der Waals surface area contributed by atoms with Crippen LogP contribution in [0.2, 0.25) is 0 Å². The molecule has 0 radical (unpaired) electrons. The van der Waals surface area contributed by atoms with Gasteiger partial charge in [-0.2, -0.15) is 0 Å². The molecule has 90 valence electrons. The van der Waals surface area contributed by atoms with Crippen LogP contribution in [0.1, 0.15) is 16.9 Å². The molecule has 3 nitrogen and oxygen atoms in total. The summed E-state index contributed by atoms with van der Waals surface area (Å²) in [5.41, 5.74) is 1.85. The largest absolute Gasteiger partial charge is 0.496 e. The molecule has 4 heteroatoms. The summed E-state index contributed by atoms with van der Waals surface area (Å²) in [6.45, 7) is 3.53. The molecule has 0 amide bonds. The second-order valence-electron chi connectivity index (χ2n) is 3.87. The normalized spacial score (nSPS) is 10.8. The first-order chi connectivity index (χ1) is 8.10. The molecule has 0 aliphatic carbocycles. The molecule has 0 aliphatic rings. The SMILES string of the molecule is COc1ccc2c(=O)c(C)c(C)oc2c1CCl. The lowest BCUT2D eigenvalue weighted by Gasteiger charge is -2.10. The molecule has 0 aliphatic heterocycles. The predicted octanol–water partition coefficient (Wildman–Crippen LogP) is 3.16. The van der Waals surface area contributed by atoms with E-state index in [2.05, 4.69) is 0 Å². The molecule has 0 unspecified atom stereocenters. The second kappa shape index (κ2) is 4.41. The van der Waals surface area contributed by atoms with Gasteiger partial charge >= 0.3 is 0 Å². The Hall–Kier alpha value is -1.48. The van der Waals surface area contributed by atoms with Gasteiger partial charge in [-0.1, -0.05) is 0 Å². The number of alkyl halides is 1. The quantitative estimate of drug-likeness (QED) is 0.771. The summed E-state index contributed by atoms with van der Waals surface area (Å²) in [7, 11) is 1.57. The summed E-state index contributed by atoms with van der Waals surface area (Å²) >= 11 is 5.89. The summed E-state index contributed by atoms with van der Waals surface area (Å²) < 4.78 is 10.9. The maximum absolute atomic E-state index is 12.1. The molecule has 0 bridgehead atoms. The van der Waals surface area contributed by atoms with Gasteiger partial charge in [0.2, 0.25) is 0 Å². The van der Waals surface area contributed by atoms with Gasteiger partial charge in [0.25, 0.3) is 0 Å². The van der Waals surface area contributed by atoms with Crippen molar-refractivity contribution in [3.05, 3.63) is 39.2 Å². The van der Waals surface area contributed by atoms with Crippen molar-refractivity contribution >= 4 is 22.6 Å². The first kappa shape index (κ1) is 12.0. The van der Waals surface area contributed by atoms with Crippen molar-refractivity contribution in [3.63, 3.8) is 0 Å². The summed E-state index contributed by atoms with van der Waals surface area (Å²) in [6.07, 6.45) is 0. The minimum Gasteiger partial charge on any atom is -0.496 e. The average molecular weight is 253 g/mol. The Morgan fingerprint density at radius 1 is 1.35 bits per heavy atom. The monoisotopic (exact) mass is 252 g/mol. The van der Waals surface area contributed by atoms with E-state index in [0.717, 1.165) is 0 Å². The van der Waals surface area contributed by atoms with Crippen molar-refractivity contribution < 1.29 is 9.15 Å². The van der Waals surface area contributed by atoms with E-state index in [1.54, 1.807) is 33.1 Å². The minimum absolute atomic E-state index is 0.0160. The van der Waals surface area contributed by atoms with Gasteiger partial charge in [-0.25, -0.2) is 0 Å². The molecule has 1 aromatic heterocycles. The van der Waals surface area contributed by atoms with E-state index in [9.17, 15) is 4.79 Å². The zero-order valence-electron chi connectivity index (χ0n) is 9.96. The van der Waals surface area contributed by atoms with Gasteiger partial charge in [0.1, 0.15) is 17.1 Å². The summed E-state index contributed by atoms with van der Waals surface area (Å²) in [6, 6.07) is 3.45. The lowest BCUT2D eigenvalue weighted by atomic mass is 10.1. The van der Waals surface area contributed by atoms with Crippen LogP contribution in [0.3, 0.4) is 0 Å². The summed E-state index contributed by atoms with van der Waals surface area (Å²) in [5, 5.41) is 0.546. The van der Waals surface area contributed by atoms with Gasteiger partial charge < -0.3 is 9.15 Å². The van der Waals surface area contributed by atoms with Crippen molar-refractivity contribution in [1.82, 2.24) is 0 Å². The highest BCUT2D eigenvalue weighted by Gasteiger charge is 2.14. The molecule has 0 fully saturated rings. The number of halogens is 1. The predicted molar refractivity (Wildman–Crippen MR) is 68.1 cm³/mol. The van der Waals surface area contributed by atoms with E-state index in [0.29, 0.717) is 33.6 Å². The highest BCUT2D eigenvalue weighted by molar-refractivity contribution is 6.18. The smallest absolute Gasteiger partial charge is 0.195 e. The Kier molecular flexibility index (Phi) is 3.11. The van der Waals surface area contributed by atoms with Crippen LogP contribution >= 0.6 is 11.6 Å². The maximum atomic E-state index is 12.1. The first-order valence-corrected chi connectivity index (χ1v) is 5.79. The average Bonchev–Trinajstić information content (AvgIpc) is 2.34. The van der Waals surface area contributed by atoms with Crippen molar-refractivity contribution in [2.24, 2.45) is 0 Å². The van der Waals surface area contributed by atoms with Crippen LogP contribution in [0.25, 0.3) is 11.0 Å². The van der Waals surface area contributed by atoms with Gasteiger partial charge in [0.15, 0.2) is 5.43 Å². The van der Waals surface area contributed by atoms with Crippen molar-refractivity contribution in [3.8, 4) is 5.75 Å². The Bertz CT molecular complexity index is 629. The van der Waals surface area contributed by atoms with Gasteiger partial charge in [0.05, 0.1) is 23.9 Å². The van der Waals surface area contributed by atoms with E-state index in [-0.39, 0.29) is 11.3 Å².